The molecule has 0 spiro atoms. The molecule has 1 aliphatic carbocycles. The summed E-state index contributed by atoms with van der Waals surface area (Å²) < 4.78 is 5.01. The summed E-state index contributed by atoms with van der Waals surface area (Å²) in [5.41, 5.74) is 0. The van der Waals surface area contributed by atoms with Gasteiger partial charge in [0.25, 0.3) is 0 Å². The molecule has 1 rings (SSSR count). The first-order valence-electron chi connectivity index (χ1n) is 4.04. The highest BCUT2D eigenvalue weighted by Crippen LogP contribution is 2.27. The third-order valence-corrected chi connectivity index (χ3v) is 3.29. The Hall–Kier alpha value is 0.310. The summed E-state index contributed by atoms with van der Waals surface area (Å²) in [4.78, 5) is 0. The predicted molar refractivity (Wildman–Crippen MR) is 46.3 cm³/mol. The highest BCUT2D eigenvalue weighted by Gasteiger charge is 2.12. The summed E-state index contributed by atoms with van der Waals surface area (Å²) in [7, 11) is 1.77. The fourth-order valence-electron chi connectivity index (χ4n) is 1.40. The number of thioether (sulfide) groups is 1. The second-order valence-electron chi connectivity index (χ2n) is 2.83. The maximum atomic E-state index is 5.01. The van der Waals surface area contributed by atoms with Crippen LogP contribution in [0.4, 0.5) is 0 Å². The Bertz CT molecular complexity index is 79.3. The van der Waals surface area contributed by atoms with E-state index in [9.17, 15) is 0 Å². The Labute approximate surface area is 67.5 Å². The fourth-order valence-corrected chi connectivity index (χ4v) is 2.39. The molecule has 60 valence electrons. The van der Waals surface area contributed by atoms with Gasteiger partial charge in [0.05, 0.1) is 5.94 Å². The molecular formula is C8H16OS. The van der Waals surface area contributed by atoms with Crippen LogP contribution in [0, 0.1) is 0 Å². The normalized spacial score (nSPS) is 21.3. The number of methoxy groups -OCH3 is 1. The first-order chi connectivity index (χ1) is 4.93. The molecule has 0 aromatic carbocycles. The standard InChI is InChI=1S/C8H16OS/c1-9-7-10-8-5-3-2-4-6-8/h8H,2-7H2,1H3. The zero-order chi connectivity index (χ0) is 7.23. The van der Waals surface area contributed by atoms with E-state index < -0.39 is 0 Å². The van der Waals surface area contributed by atoms with Crippen molar-refractivity contribution >= 4 is 11.8 Å². The molecule has 1 saturated carbocycles. The van der Waals surface area contributed by atoms with Gasteiger partial charge in [-0.25, -0.2) is 0 Å². The third-order valence-electron chi connectivity index (χ3n) is 1.97. The van der Waals surface area contributed by atoms with Crippen LogP contribution in [0.2, 0.25) is 0 Å². The van der Waals surface area contributed by atoms with Crippen LogP contribution in [0.3, 0.4) is 0 Å². The molecule has 0 unspecified atom stereocenters. The van der Waals surface area contributed by atoms with Gasteiger partial charge >= 0.3 is 0 Å². The van der Waals surface area contributed by atoms with Gasteiger partial charge in [0.1, 0.15) is 0 Å². The van der Waals surface area contributed by atoms with Crippen LogP contribution in [0.25, 0.3) is 0 Å². The number of ether oxygens (including phenoxy) is 1. The van der Waals surface area contributed by atoms with Crippen LogP contribution in [-0.4, -0.2) is 18.3 Å². The van der Waals surface area contributed by atoms with Crippen molar-refractivity contribution in [3.63, 3.8) is 0 Å². The average Bonchev–Trinajstić information content (AvgIpc) is 2.03. The number of hydrogen-bond acceptors (Lipinski definition) is 2. The Morgan fingerprint density at radius 1 is 1.30 bits per heavy atom. The highest BCUT2D eigenvalue weighted by molar-refractivity contribution is 7.99. The lowest BCUT2D eigenvalue weighted by molar-refractivity contribution is 0.257. The molecule has 0 aromatic heterocycles. The van der Waals surface area contributed by atoms with E-state index in [1.165, 1.54) is 32.1 Å². The van der Waals surface area contributed by atoms with Crippen molar-refractivity contribution in [2.45, 2.75) is 37.4 Å². The Morgan fingerprint density at radius 2 is 2.00 bits per heavy atom. The van der Waals surface area contributed by atoms with Crippen LogP contribution in [0.5, 0.6) is 0 Å². The smallest absolute Gasteiger partial charge is 0.0919 e. The summed E-state index contributed by atoms with van der Waals surface area (Å²) in [6, 6.07) is 0. The lowest BCUT2D eigenvalue weighted by atomic mass is 10.0. The lowest BCUT2D eigenvalue weighted by Crippen LogP contribution is -2.08. The molecule has 0 bridgehead atoms. The predicted octanol–water partition coefficient (Wildman–Crippen LogP) is 2.66. The average molecular weight is 160 g/mol. The molecule has 2 heteroatoms. The van der Waals surface area contributed by atoms with Crippen molar-refractivity contribution in [1.29, 1.82) is 0 Å². The molecule has 0 N–H and O–H groups in total. The van der Waals surface area contributed by atoms with Gasteiger partial charge in [0, 0.05) is 12.4 Å². The Morgan fingerprint density at radius 3 is 2.60 bits per heavy atom. The van der Waals surface area contributed by atoms with Crippen molar-refractivity contribution in [2.24, 2.45) is 0 Å². The van der Waals surface area contributed by atoms with Gasteiger partial charge < -0.3 is 4.74 Å². The molecule has 1 fully saturated rings. The second kappa shape index (κ2) is 5.03. The molecule has 0 radical (unpaired) electrons. The largest absolute Gasteiger partial charge is 0.374 e. The minimum absolute atomic E-state index is 0.880. The zero-order valence-corrected chi connectivity index (χ0v) is 7.45. The van der Waals surface area contributed by atoms with E-state index in [2.05, 4.69) is 0 Å². The van der Waals surface area contributed by atoms with E-state index in [1.54, 1.807) is 7.11 Å². The molecule has 1 aliphatic rings. The van der Waals surface area contributed by atoms with Gasteiger partial charge in [-0.15, -0.1) is 11.8 Å². The van der Waals surface area contributed by atoms with Crippen molar-refractivity contribution < 1.29 is 4.74 Å². The maximum Gasteiger partial charge on any atom is 0.0919 e. The zero-order valence-electron chi connectivity index (χ0n) is 6.64. The monoisotopic (exact) mass is 160 g/mol. The van der Waals surface area contributed by atoms with Gasteiger partial charge in [-0.1, -0.05) is 19.3 Å². The van der Waals surface area contributed by atoms with Crippen LogP contribution in [-0.2, 0) is 4.74 Å². The van der Waals surface area contributed by atoms with E-state index in [0.29, 0.717) is 0 Å². The molecule has 0 aromatic rings. The molecular weight excluding hydrogens is 144 g/mol. The third kappa shape index (κ3) is 2.93. The van der Waals surface area contributed by atoms with E-state index >= 15 is 0 Å². The van der Waals surface area contributed by atoms with E-state index in [1.807, 2.05) is 11.8 Å². The summed E-state index contributed by atoms with van der Waals surface area (Å²) in [5.74, 6) is 0.880. The highest BCUT2D eigenvalue weighted by atomic mass is 32.2. The topological polar surface area (TPSA) is 9.23 Å². The molecule has 0 atom stereocenters. The van der Waals surface area contributed by atoms with E-state index in [-0.39, 0.29) is 0 Å². The summed E-state index contributed by atoms with van der Waals surface area (Å²) in [5, 5.41) is 0.897. The summed E-state index contributed by atoms with van der Waals surface area (Å²) in [6.45, 7) is 0. The lowest BCUT2D eigenvalue weighted by Gasteiger charge is -2.20. The molecule has 0 aliphatic heterocycles. The SMILES string of the molecule is COCSC1CCCCC1. The van der Waals surface area contributed by atoms with Crippen molar-refractivity contribution in [2.75, 3.05) is 13.0 Å². The quantitative estimate of drug-likeness (QED) is 0.587. The van der Waals surface area contributed by atoms with Crippen molar-refractivity contribution in [1.82, 2.24) is 0 Å². The van der Waals surface area contributed by atoms with Gasteiger partial charge in [-0.05, 0) is 12.8 Å². The van der Waals surface area contributed by atoms with Crippen molar-refractivity contribution in [3.05, 3.63) is 0 Å². The van der Waals surface area contributed by atoms with Gasteiger partial charge in [-0.2, -0.15) is 0 Å². The van der Waals surface area contributed by atoms with E-state index in [4.69, 9.17) is 4.74 Å². The number of hydrogen-bond donors (Lipinski definition) is 0. The van der Waals surface area contributed by atoms with Crippen LogP contribution in [0.15, 0.2) is 0 Å². The van der Waals surface area contributed by atoms with Crippen LogP contribution in [0.1, 0.15) is 32.1 Å². The molecule has 0 saturated heterocycles. The molecule has 0 heterocycles. The first-order valence-corrected chi connectivity index (χ1v) is 5.09. The number of rotatable bonds is 3. The minimum atomic E-state index is 0.880. The fraction of sp³-hybridized carbons (Fsp3) is 1.00. The van der Waals surface area contributed by atoms with Gasteiger partial charge in [-0.3, -0.25) is 0 Å². The van der Waals surface area contributed by atoms with Gasteiger partial charge in [0.2, 0.25) is 0 Å². The van der Waals surface area contributed by atoms with Crippen molar-refractivity contribution in [3.8, 4) is 0 Å². The summed E-state index contributed by atoms with van der Waals surface area (Å²) >= 11 is 1.98. The summed E-state index contributed by atoms with van der Waals surface area (Å²) in [6.07, 6.45) is 7.13. The molecule has 1 nitrogen and oxygen atoms in total. The van der Waals surface area contributed by atoms with E-state index in [0.717, 1.165) is 11.2 Å². The van der Waals surface area contributed by atoms with Crippen LogP contribution < -0.4 is 0 Å². The Kier molecular flexibility index (Phi) is 4.23. The maximum absolute atomic E-state index is 5.01. The minimum Gasteiger partial charge on any atom is -0.374 e. The Balaban J connectivity index is 2.02. The molecule has 0 amide bonds. The van der Waals surface area contributed by atoms with Crippen LogP contribution >= 0.6 is 11.8 Å². The molecule has 10 heavy (non-hydrogen) atoms. The second-order valence-corrected chi connectivity index (χ2v) is 4.07. The van der Waals surface area contributed by atoms with Gasteiger partial charge in [0.15, 0.2) is 0 Å². The first kappa shape index (κ1) is 8.41.